The van der Waals surface area contributed by atoms with Crippen LogP contribution in [0.1, 0.15) is 28.0 Å². The molecule has 3 aromatic rings. The monoisotopic (exact) mass is 397 g/mol. The number of ether oxygens (including phenoxy) is 1. The first kappa shape index (κ1) is 20.1. The van der Waals surface area contributed by atoms with Crippen molar-refractivity contribution in [1.29, 1.82) is 0 Å². The molecular formula is C22H24ClN3O2. The van der Waals surface area contributed by atoms with Crippen LogP contribution in [-0.4, -0.2) is 35.9 Å². The lowest BCUT2D eigenvalue weighted by Gasteiger charge is -2.11. The van der Waals surface area contributed by atoms with Gasteiger partial charge in [-0.3, -0.25) is 4.79 Å². The Kier molecular flexibility index (Phi) is 6.49. The topological polar surface area (TPSA) is 56.1 Å². The molecule has 1 N–H and O–H groups in total. The number of aromatic nitrogens is 2. The molecule has 0 aliphatic rings. The molecule has 146 valence electrons. The van der Waals surface area contributed by atoms with Crippen LogP contribution in [0.25, 0.3) is 16.9 Å². The van der Waals surface area contributed by atoms with E-state index >= 15 is 0 Å². The average Bonchev–Trinajstić information content (AvgIpc) is 3.12. The third-order valence-corrected chi connectivity index (χ3v) is 4.83. The van der Waals surface area contributed by atoms with Crippen LogP contribution < -0.4 is 5.32 Å². The van der Waals surface area contributed by atoms with Gasteiger partial charge in [0.15, 0.2) is 0 Å². The van der Waals surface area contributed by atoms with Crippen LogP contribution in [0.15, 0.2) is 48.5 Å². The van der Waals surface area contributed by atoms with Gasteiger partial charge in [0.2, 0.25) is 0 Å². The Labute approximate surface area is 170 Å². The summed E-state index contributed by atoms with van der Waals surface area (Å²) in [5, 5.41) is 8.27. The van der Waals surface area contributed by atoms with E-state index in [1.807, 2.05) is 56.3 Å². The van der Waals surface area contributed by atoms with Gasteiger partial charge in [-0.15, -0.1) is 0 Å². The number of hydrogen-bond donors (Lipinski definition) is 1. The van der Waals surface area contributed by atoms with Crippen molar-refractivity contribution < 1.29 is 9.53 Å². The molecule has 0 aliphatic heterocycles. The van der Waals surface area contributed by atoms with Gasteiger partial charge in [0.25, 0.3) is 5.91 Å². The third kappa shape index (κ3) is 4.43. The Bertz CT molecular complexity index is 982. The van der Waals surface area contributed by atoms with Crippen molar-refractivity contribution in [2.45, 2.75) is 20.3 Å². The highest BCUT2D eigenvalue weighted by atomic mass is 35.5. The van der Waals surface area contributed by atoms with Crippen molar-refractivity contribution in [3.05, 3.63) is 70.4 Å². The number of rotatable bonds is 7. The summed E-state index contributed by atoms with van der Waals surface area (Å²) in [4.78, 5) is 12.9. The molecule has 0 unspecified atom stereocenters. The highest BCUT2D eigenvalue weighted by Gasteiger charge is 2.19. The lowest BCUT2D eigenvalue weighted by Crippen LogP contribution is -2.27. The van der Waals surface area contributed by atoms with Crippen LogP contribution in [0.4, 0.5) is 0 Å². The molecule has 2 aromatic carbocycles. The summed E-state index contributed by atoms with van der Waals surface area (Å²) in [6, 6.07) is 15.4. The van der Waals surface area contributed by atoms with Gasteiger partial charge in [-0.25, -0.2) is 4.68 Å². The summed E-state index contributed by atoms with van der Waals surface area (Å²) in [6.45, 7) is 5.16. The molecule has 28 heavy (non-hydrogen) atoms. The highest BCUT2D eigenvalue weighted by Crippen LogP contribution is 2.29. The van der Waals surface area contributed by atoms with Crippen LogP contribution in [0.3, 0.4) is 0 Å². The molecule has 3 rings (SSSR count). The lowest BCUT2D eigenvalue weighted by atomic mass is 10.1. The summed E-state index contributed by atoms with van der Waals surface area (Å²) in [6.07, 6.45) is 0.747. The Morgan fingerprint density at radius 2 is 1.96 bits per heavy atom. The number of nitrogens with zero attached hydrogens (tertiary/aromatic N) is 2. The average molecular weight is 398 g/mol. The fraction of sp³-hybridized carbons (Fsp3) is 0.273. The minimum Gasteiger partial charge on any atom is -0.385 e. The summed E-state index contributed by atoms with van der Waals surface area (Å²) in [5.41, 5.74) is 4.94. The molecule has 1 aromatic heterocycles. The minimum absolute atomic E-state index is 0.178. The zero-order chi connectivity index (χ0) is 20.1. The molecule has 5 nitrogen and oxygen atoms in total. The Hall–Kier alpha value is -2.63. The lowest BCUT2D eigenvalue weighted by molar-refractivity contribution is 0.0941. The van der Waals surface area contributed by atoms with E-state index in [-0.39, 0.29) is 5.91 Å². The number of benzene rings is 2. The Balaban J connectivity index is 2.04. The fourth-order valence-corrected chi connectivity index (χ4v) is 3.22. The number of carbonyl (C=O) groups is 1. The number of aryl methyl sites for hydroxylation is 2. The molecule has 0 saturated heterocycles. The van der Waals surface area contributed by atoms with Gasteiger partial charge < -0.3 is 10.1 Å². The number of methoxy groups -OCH3 is 1. The summed E-state index contributed by atoms with van der Waals surface area (Å²) < 4.78 is 6.74. The van der Waals surface area contributed by atoms with Crippen molar-refractivity contribution in [3.63, 3.8) is 0 Å². The van der Waals surface area contributed by atoms with Crippen LogP contribution in [-0.2, 0) is 4.74 Å². The van der Waals surface area contributed by atoms with Crippen LogP contribution in [0, 0.1) is 13.8 Å². The van der Waals surface area contributed by atoms with Crippen molar-refractivity contribution >= 4 is 17.5 Å². The van der Waals surface area contributed by atoms with E-state index in [0.29, 0.717) is 29.6 Å². The van der Waals surface area contributed by atoms with Crippen molar-refractivity contribution in [3.8, 4) is 16.9 Å². The van der Waals surface area contributed by atoms with Gasteiger partial charge in [-0.1, -0.05) is 41.9 Å². The molecule has 0 radical (unpaired) electrons. The molecule has 6 heteroatoms. The molecule has 0 spiro atoms. The van der Waals surface area contributed by atoms with E-state index in [1.54, 1.807) is 17.9 Å². The van der Waals surface area contributed by atoms with E-state index in [0.717, 1.165) is 28.8 Å². The molecule has 1 heterocycles. The van der Waals surface area contributed by atoms with E-state index in [4.69, 9.17) is 21.4 Å². The van der Waals surface area contributed by atoms with E-state index < -0.39 is 0 Å². The third-order valence-electron chi connectivity index (χ3n) is 4.50. The number of halogens is 1. The predicted octanol–water partition coefficient (Wildman–Crippen LogP) is 4.58. The summed E-state index contributed by atoms with van der Waals surface area (Å²) in [7, 11) is 1.65. The highest BCUT2D eigenvalue weighted by molar-refractivity contribution is 6.33. The molecule has 0 aliphatic carbocycles. The number of amides is 1. The number of hydrogen-bond acceptors (Lipinski definition) is 3. The largest absolute Gasteiger partial charge is 0.385 e. The van der Waals surface area contributed by atoms with Crippen LogP contribution in [0.5, 0.6) is 0 Å². The van der Waals surface area contributed by atoms with Gasteiger partial charge in [0.1, 0.15) is 5.69 Å². The standard InChI is InChI=1S/C22H24ClN3O2/c1-15-9-10-16(2)20(13-15)26-21(22(27)24-11-6-12-28-3)14-19(25-26)17-7-4-5-8-18(17)23/h4-5,7-10,13-14H,6,11-12H2,1-3H3,(H,24,27). The zero-order valence-corrected chi connectivity index (χ0v) is 17.1. The van der Waals surface area contributed by atoms with Crippen LogP contribution in [0.2, 0.25) is 5.02 Å². The molecule has 0 bridgehead atoms. The maximum Gasteiger partial charge on any atom is 0.270 e. The summed E-state index contributed by atoms with van der Waals surface area (Å²) in [5.74, 6) is -0.178. The van der Waals surface area contributed by atoms with Crippen molar-refractivity contribution in [2.24, 2.45) is 0 Å². The van der Waals surface area contributed by atoms with Crippen molar-refractivity contribution in [2.75, 3.05) is 20.3 Å². The van der Waals surface area contributed by atoms with Gasteiger partial charge in [-0.05, 0) is 49.6 Å². The van der Waals surface area contributed by atoms with E-state index in [2.05, 4.69) is 5.32 Å². The first-order chi connectivity index (χ1) is 13.5. The fourth-order valence-electron chi connectivity index (χ4n) is 2.98. The van der Waals surface area contributed by atoms with E-state index in [9.17, 15) is 4.79 Å². The molecular weight excluding hydrogens is 374 g/mol. The number of nitrogens with one attached hydrogen (secondary N) is 1. The van der Waals surface area contributed by atoms with Gasteiger partial charge in [-0.2, -0.15) is 5.10 Å². The molecule has 0 saturated carbocycles. The zero-order valence-electron chi connectivity index (χ0n) is 16.3. The second kappa shape index (κ2) is 9.04. The van der Waals surface area contributed by atoms with Gasteiger partial charge >= 0.3 is 0 Å². The van der Waals surface area contributed by atoms with Crippen molar-refractivity contribution in [1.82, 2.24) is 15.1 Å². The first-order valence-electron chi connectivity index (χ1n) is 9.21. The minimum atomic E-state index is -0.178. The molecule has 0 fully saturated rings. The SMILES string of the molecule is COCCCNC(=O)c1cc(-c2ccccc2Cl)nn1-c1cc(C)ccc1C. The smallest absolute Gasteiger partial charge is 0.270 e. The maximum absolute atomic E-state index is 12.9. The Morgan fingerprint density at radius 1 is 1.18 bits per heavy atom. The second-order valence-electron chi connectivity index (χ2n) is 6.70. The summed E-state index contributed by atoms with van der Waals surface area (Å²) >= 11 is 6.36. The van der Waals surface area contributed by atoms with Gasteiger partial charge in [0.05, 0.1) is 16.4 Å². The molecule has 1 amide bonds. The quantitative estimate of drug-likeness (QED) is 0.594. The Morgan fingerprint density at radius 3 is 2.71 bits per heavy atom. The van der Waals surface area contributed by atoms with Crippen LogP contribution >= 0.6 is 11.6 Å². The molecule has 0 atom stereocenters. The second-order valence-corrected chi connectivity index (χ2v) is 7.11. The normalized spacial score (nSPS) is 10.9. The van der Waals surface area contributed by atoms with E-state index in [1.165, 1.54) is 0 Å². The maximum atomic E-state index is 12.9. The number of carbonyl (C=O) groups excluding carboxylic acids is 1. The predicted molar refractivity (Wildman–Crippen MR) is 112 cm³/mol. The first-order valence-corrected chi connectivity index (χ1v) is 9.59. The van der Waals surface area contributed by atoms with Gasteiger partial charge in [0, 0.05) is 25.8 Å².